The SMILES string of the molecule is O=C(NC(Cc1c[nH]c2ccccc12)NC(=O)C(CO)Cc1ccccc1)OC1C2CC3CC(C2)CC1C3. The van der Waals surface area contributed by atoms with E-state index in [4.69, 9.17) is 4.74 Å². The number of para-hydroxylation sites is 1. The Bertz CT molecular complexity index is 1240. The Kier molecular flexibility index (Phi) is 7.11. The van der Waals surface area contributed by atoms with Crippen LogP contribution in [0.2, 0.25) is 0 Å². The highest BCUT2D eigenvalue weighted by Crippen LogP contribution is 2.54. The standard InChI is InChI=1S/C31H37N3O4/c35-18-25(11-19-6-2-1-3-7-19)30(36)33-28(16-24-17-32-27-9-5-4-8-26(24)27)34-31(37)38-29-22-12-20-10-21(14-22)15-23(29)13-20/h1-9,17,20-23,25,28-29,32,35H,10-16,18H2,(H,33,36)(H,34,37). The molecule has 38 heavy (non-hydrogen) atoms. The van der Waals surface area contributed by atoms with E-state index in [9.17, 15) is 14.7 Å². The number of aromatic amines is 1. The maximum absolute atomic E-state index is 13.3. The first-order valence-electron chi connectivity index (χ1n) is 14.0. The second-order valence-corrected chi connectivity index (χ2v) is 11.6. The number of aliphatic hydroxyl groups excluding tert-OH is 1. The summed E-state index contributed by atoms with van der Waals surface area (Å²) in [5, 5.41) is 17.0. The van der Waals surface area contributed by atoms with E-state index >= 15 is 0 Å². The van der Waals surface area contributed by atoms with Crippen LogP contribution in [0.15, 0.2) is 60.8 Å². The summed E-state index contributed by atoms with van der Waals surface area (Å²) in [4.78, 5) is 29.8. The fourth-order valence-corrected chi connectivity index (χ4v) is 7.45. The molecule has 2 aromatic carbocycles. The highest BCUT2D eigenvalue weighted by Gasteiger charge is 2.50. The Balaban J connectivity index is 1.16. The molecule has 1 heterocycles. The largest absolute Gasteiger partial charge is 0.446 e. The van der Waals surface area contributed by atoms with Crippen molar-refractivity contribution < 1.29 is 19.4 Å². The molecule has 0 radical (unpaired) electrons. The van der Waals surface area contributed by atoms with Crippen LogP contribution in [0.1, 0.15) is 43.2 Å². The minimum Gasteiger partial charge on any atom is -0.446 e. The molecule has 4 bridgehead atoms. The van der Waals surface area contributed by atoms with Crippen molar-refractivity contribution in [1.29, 1.82) is 0 Å². The van der Waals surface area contributed by atoms with Gasteiger partial charge in [0.15, 0.2) is 0 Å². The van der Waals surface area contributed by atoms with E-state index in [2.05, 4.69) is 15.6 Å². The molecule has 1 aromatic heterocycles. The van der Waals surface area contributed by atoms with E-state index < -0.39 is 18.2 Å². The van der Waals surface area contributed by atoms with Crippen molar-refractivity contribution >= 4 is 22.9 Å². The normalized spacial score (nSPS) is 27.1. The summed E-state index contributed by atoms with van der Waals surface area (Å²) >= 11 is 0. The monoisotopic (exact) mass is 515 g/mol. The molecule has 2 atom stereocenters. The molecule has 4 aliphatic carbocycles. The topological polar surface area (TPSA) is 103 Å². The van der Waals surface area contributed by atoms with Crippen LogP contribution in [0.3, 0.4) is 0 Å². The maximum atomic E-state index is 13.3. The van der Waals surface area contributed by atoms with Crippen molar-refractivity contribution in [3.63, 3.8) is 0 Å². The smallest absolute Gasteiger partial charge is 0.409 e. The van der Waals surface area contributed by atoms with Crippen LogP contribution in [0.25, 0.3) is 10.9 Å². The minimum absolute atomic E-state index is 0.0319. The minimum atomic E-state index is -0.670. The summed E-state index contributed by atoms with van der Waals surface area (Å²) in [6, 6.07) is 17.6. The van der Waals surface area contributed by atoms with E-state index in [1.165, 1.54) is 6.42 Å². The number of benzene rings is 2. The lowest BCUT2D eigenvalue weighted by Crippen LogP contribution is -2.54. The summed E-state index contributed by atoms with van der Waals surface area (Å²) in [6.07, 6.45) is 7.56. The van der Waals surface area contributed by atoms with Crippen molar-refractivity contribution in [2.75, 3.05) is 6.61 Å². The van der Waals surface area contributed by atoms with Gasteiger partial charge in [0.05, 0.1) is 12.5 Å². The molecule has 4 aliphatic rings. The molecule has 0 aliphatic heterocycles. The number of aliphatic hydroxyl groups is 1. The second kappa shape index (κ2) is 10.8. The maximum Gasteiger partial charge on any atom is 0.409 e. The van der Waals surface area contributed by atoms with Crippen LogP contribution in [0.4, 0.5) is 4.79 Å². The van der Waals surface area contributed by atoms with Crippen molar-refractivity contribution in [2.45, 2.75) is 57.2 Å². The predicted molar refractivity (Wildman–Crippen MR) is 145 cm³/mol. The van der Waals surface area contributed by atoms with Crippen LogP contribution in [0.5, 0.6) is 0 Å². The van der Waals surface area contributed by atoms with Crippen LogP contribution >= 0.6 is 0 Å². The predicted octanol–water partition coefficient (Wildman–Crippen LogP) is 4.55. The molecule has 3 aromatic rings. The fourth-order valence-electron chi connectivity index (χ4n) is 7.45. The number of hydrogen-bond acceptors (Lipinski definition) is 4. The summed E-state index contributed by atoms with van der Waals surface area (Å²) in [5.41, 5.74) is 2.97. The first kappa shape index (κ1) is 25.0. The molecule has 2 amide bonds. The zero-order valence-corrected chi connectivity index (χ0v) is 21.6. The first-order valence-corrected chi connectivity index (χ1v) is 14.0. The number of aromatic nitrogens is 1. The molecule has 7 rings (SSSR count). The molecule has 4 fully saturated rings. The molecule has 0 saturated heterocycles. The van der Waals surface area contributed by atoms with Gasteiger partial charge >= 0.3 is 6.09 Å². The Labute approximate surface area is 223 Å². The molecule has 4 N–H and O–H groups in total. The van der Waals surface area contributed by atoms with Crippen LogP contribution in [-0.2, 0) is 22.4 Å². The summed E-state index contributed by atoms with van der Waals surface area (Å²) in [6.45, 7) is -0.279. The third-order valence-corrected chi connectivity index (χ3v) is 9.01. The quantitative estimate of drug-likeness (QED) is 0.314. The van der Waals surface area contributed by atoms with Gasteiger partial charge in [0.1, 0.15) is 12.3 Å². The molecule has 2 unspecified atom stereocenters. The summed E-state index contributed by atoms with van der Waals surface area (Å²) in [7, 11) is 0. The Morgan fingerprint density at radius 3 is 2.29 bits per heavy atom. The van der Waals surface area contributed by atoms with Gasteiger partial charge in [0.25, 0.3) is 0 Å². The highest BCUT2D eigenvalue weighted by atomic mass is 16.6. The van der Waals surface area contributed by atoms with Gasteiger partial charge in [-0.25, -0.2) is 4.79 Å². The number of nitrogens with one attached hydrogen (secondary N) is 3. The number of ether oxygens (including phenoxy) is 1. The number of alkyl carbamates (subject to hydrolysis) is 1. The molecular formula is C31H37N3O4. The van der Waals surface area contributed by atoms with Crippen LogP contribution in [0, 0.1) is 29.6 Å². The van der Waals surface area contributed by atoms with Gasteiger partial charge in [-0.15, -0.1) is 0 Å². The molecule has 7 nitrogen and oxygen atoms in total. The number of rotatable bonds is 9. The number of H-pyrrole nitrogens is 1. The Hall–Kier alpha value is -3.32. The van der Waals surface area contributed by atoms with Gasteiger partial charge in [-0.3, -0.25) is 4.79 Å². The van der Waals surface area contributed by atoms with Crippen molar-refractivity contribution in [3.05, 3.63) is 71.9 Å². The lowest BCUT2D eigenvalue weighted by molar-refractivity contribution is -0.127. The van der Waals surface area contributed by atoms with Gasteiger partial charge in [0, 0.05) is 23.5 Å². The van der Waals surface area contributed by atoms with E-state index in [0.717, 1.165) is 59.5 Å². The Morgan fingerprint density at radius 1 is 0.895 bits per heavy atom. The van der Waals surface area contributed by atoms with E-state index in [1.54, 1.807) is 0 Å². The van der Waals surface area contributed by atoms with Crippen molar-refractivity contribution in [1.82, 2.24) is 15.6 Å². The zero-order valence-electron chi connectivity index (χ0n) is 21.6. The molecule has 7 heteroatoms. The second-order valence-electron chi connectivity index (χ2n) is 11.6. The van der Waals surface area contributed by atoms with Gasteiger partial charge < -0.3 is 25.5 Å². The van der Waals surface area contributed by atoms with Gasteiger partial charge in [-0.2, -0.15) is 0 Å². The van der Waals surface area contributed by atoms with Crippen molar-refractivity contribution in [2.24, 2.45) is 29.6 Å². The third kappa shape index (κ3) is 5.30. The van der Waals surface area contributed by atoms with E-state index in [0.29, 0.717) is 24.7 Å². The number of amides is 2. The van der Waals surface area contributed by atoms with E-state index in [-0.39, 0.29) is 18.6 Å². The lowest BCUT2D eigenvalue weighted by atomic mass is 9.55. The number of carbonyl (C=O) groups is 2. The van der Waals surface area contributed by atoms with E-state index in [1.807, 2.05) is 60.8 Å². The number of carbonyl (C=O) groups excluding carboxylic acids is 2. The van der Waals surface area contributed by atoms with Crippen molar-refractivity contribution in [3.8, 4) is 0 Å². The van der Waals surface area contributed by atoms with Gasteiger partial charge in [0.2, 0.25) is 5.91 Å². The van der Waals surface area contributed by atoms with Crippen LogP contribution < -0.4 is 10.6 Å². The average molecular weight is 516 g/mol. The molecular weight excluding hydrogens is 478 g/mol. The highest BCUT2D eigenvalue weighted by molar-refractivity contribution is 5.84. The lowest BCUT2D eigenvalue weighted by Gasteiger charge is -2.53. The summed E-state index contributed by atoms with van der Waals surface area (Å²) in [5.74, 6) is 1.61. The first-order chi connectivity index (χ1) is 18.6. The van der Waals surface area contributed by atoms with Gasteiger partial charge in [-0.05, 0) is 79.4 Å². The van der Waals surface area contributed by atoms with Gasteiger partial charge in [-0.1, -0.05) is 48.5 Å². The molecule has 200 valence electrons. The average Bonchev–Trinajstić information content (AvgIpc) is 3.32. The van der Waals surface area contributed by atoms with Crippen LogP contribution in [-0.4, -0.2) is 41.0 Å². The summed E-state index contributed by atoms with van der Waals surface area (Å²) < 4.78 is 6.07. The Morgan fingerprint density at radius 2 is 1.58 bits per heavy atom. The zero-order chi connectivity index (χ0) is 26.1. The molecule has 0 spiro atoms. The fraction of sp³-hybridized carbons (Fsp3) is 0.484. The number of fused-ring (bicyclic) bond motifs is 1. The molecule has 4 saturated carbocycles. The number of hydrogen-bond donors (Lipinski definition) is 4. The third-order valence-electron chi connectivity index (χ3n) is 9.01.